The minimum absolute atomic E-state index is 0. The molecule has 6 rings (SSSR count). The van der Waals surface area contributed by atoms with E-state index in [2.05, 4.69) is 172 Å². The molecule has 0 aliphatic heterocycles. The van der Waals surface area contributed by atoms with Gasteiger partial charge in [-0.1, -0.05) is 0 Å². The summed E-state index contributed by atoms with van der Waals surface area (Å²) in [6, 6.07) is 35.1. The second-order valence-corrected chi connectivity index (χ2v) is 20.0. The maximum atomic E-state index is 2.65. The van der Waals surface area contributed by atoms with E-state index in [4.69, 9.17) is 0 Å². The van der Waals surface area contributed by atoms with Crippen molar-refractivity contribution in [2.75, 3.05) is 0 Å². The number of hydrogen-bond acceptors (Lipinski definition) is 0. The first kappa shape index (κ1) is 37.3. The number of rotatable bonds is 4. The number of hydrogen-bond donors (Lipinski definition) is 0. The van der Waals surface area contributed by atoms with Gasteiger partial charge in [-0.2, -0.15) is 0 Å². The second kappa shape index (κ2) is 13.8. The van der Waals surface area contributed by atoms with Crippen LogP contribution in [-0.4, -0.2) is 3.81 Å². The van der Waals surface area contributed by atoms with Crippen molar-refractivity contribution in [3.63, 3.8) is 0 Å². The predicted octanol–water partition coefficient (Wildman–Crippen LogP) is 4.88. The van der Waals surface area contributed by atoms with Crippen molar-refractivity contribution >= 4 is 7.68 Å². The third-order valence-corrected chi connectivity index (χ3v) is 14.8. The molecule has 0 fully saturated rings. The molecule has 0 saturated carbocycles. The van der Waals surface area contributed by atoms with Gasteiger partial charge in [0.15, 0.2) is 0 Å². The van der Waals surface area contributed by atoms with Crippen LogP contribution in [-0.2, 0) is 34.7 Å². The smallest absolute Gasteiger partial charge is 1.00 e. The third-order valence-electron chi connectivity index (χ3n) is 9.78. The Morgan fingerprint density at radius 2 is 1.15 bits per heavy atom. The molecular weight excluding hydrogens is 647 g/mol. The average Bonchev–Trinajstić information content (AvgIpc) is 3.55. The van der Waals surface area contributed by atoms with Crippen LogP contribution in [0.1, 0.15) is 103 Å². The van der Waals surface area contributed by atoms with E-state index in [0.717, 1.165) is 6.42 Å². The number of benzene rings is 4. The Morgan fingerprint density at radius 3 is 1.64 bits per heavy atom. The van der Waals surface area contributed by atoms with Crippen LogP contribution >= 0.6 is 0 Å². The van der Waals surface area contributed by atoms with Gasteiger partial charge in [0.1, 0.15) is 0 Å². The van der Waals surface area contributed by atoms with E-state index in [-0.39, 0.29) is 41.1 Å². The van der Waals surface area contributed by atoms with Crippen molar-refractivity contribution in [2.45, 2.75) is 86.5 Å². The summed E-state index contributed by atoms with van der Waals surface area (Å²) in [5, 5.41) is 0. The summed E-state index contributed by atoms with van der Waals surface area (Å²) in [5.74, 6) is 0.418. The Labute approximate surface area is 303 Å². The molecule has 0 bridgehead atoms. The van der Waals surface area contributed by atoms with Crippen LogP contribution in [0.5, 0.6) is 0 Å². The van der Waals surface area contributed by atoms with E-state index >= 15 is 0 Å². The molecule has 0 radical (unpaired) electrons. The van der Waals surface area contributed by atoms with Crippen LogP contribution < -0.4 is 28.7 Å². The Balaban J connectivity index is 0.00000250. The van der Waals surface area contributed by atoms with Gasteiger partial charge in [-0.3, -0.25) is 0 Å². The molecule has 4 aromatic rings. The zero-order valence-electron chi connectivity index (χ0n) is 29.9. The van der Waals surface area contributed by atoms with E-state index in [1.165, 1.54) is 44.5 Å². The fourth-order valence-corrected chi connectivity index (χ4v) is 12.3. The Hall–Kier alpha value is -2.48. The third kappa shape index (κ3) is 7.43. The molecule has 244 valence electrons. The molecule has 0 spiro atoms. The molecule has 47 heavy (non-hydrogen) atoms. The van der Waals surface area contributed by atoms with Crippen LogP contribution in [0.2, 0.25) is 0 Å². The predicted molar refractivity (Wildman–Crippen MR) is 193 cm³/mol. The minimum Gasteiger partial charge on any atom is -1.00 e. The van der Waals surface area contributed by atoms with Crippen molar-refractivity contribution in [1.29, 1.82) is 0 Å². The first-order valence-electron chi connectivity index (χ1n) is 16.7. The van der Waals surface area contributed by atoms with Crippen LogP contribution in [0.3, 0.4) is 0 Å². The minimum atomic E-state index is -2.40. The molecule has 2 aliphatic carbocycles. The summed E-state index contributed by atoms with van der Waals surface area (Å²) in [6.07, 6.45) is 6.21. The van der Waals surface area contributed by atoms with Gasteiger partial charge in [-0.15, -0.1) is 0 Å². The van der Waals surface area contributed by atoms with Gasteiger partial charge in [0.05, 0.1) is 0 Å². The van der Waals surface area contributed by atoms with Crippen LogP contribution in [0, 0.1) is 11.3 Å². The monoisotopic (exact) mass is 696 g/mol. The van der Waals surface area contributed by atoms with Gasteiger partial charge in [-0.05, 0) is 0 Å². The molecule has 4 aromatic carbocycles. The van der Waals surface area contributed by atoms with Crippen molar-refractivity contribution in [2.24, 2.45) is 11.3 Å². The summed E-state index contributed by atoms with van der Waals surface area (Å²) >= 11 is -2.40. The van der Waals surface area contributed by atoms with Crippen molar-refractivity contribution < 1.29 is 42.2 Å². The molecular formula is C44H50Cl2Ti. The SMILES string of the molecule is CC1C=C(C(C)(C)C)C=[C]1[Ti+2](=[C](c1ccccc1)c1ccccc1)[c]1cc(C(C)(C)C)cc2c1Cc1ccc(C(C)(C)C)cc1-2.[Cl-].[Cl-]. The van der Waals surface area contributed by atoms with Crippen molar-refractivity contribution in [3.8, 4) is 11.1 Å². The maximum Gasteiger partial charge on any atom is -1.00 e. The molecule has 0 heterocycles. The fourth-order valence-electron chi connectivity index (χ4n) is 6.97. The summed E-state index contributed by atoms with van der Waals surface area (Å²) in [5.41, 5.74) is 13.3. The Kier molecular flexibility index (Phi) is 11.0. The number of fused-ring (bicyclic) bond motifs is 3. The molecule has 0 N–H and O–H groups in total. The van der Waals surface area contributed by atoms with Gasteiger partial charge in [0, 0.05) is 0 Å². The van der Waals surface area contributed by atoms with E-state index in [1.807, 2.05) is 0 Å². The summed E-state index contributed by atoms with van der Waals surface area (Å²) < 4.78 is 4.87. The normalized spacial score (nSPS) is 15.3. The zero-order valence-corrected chi connectivity index (χ0v) is 32.9. The Bertz CT molecular complexity index is 1810. The first-order chi connectivity index (χ1) is 21.1. The molecule has 0 aromatic heterocycles. The molecule has 1 unspecified atom stereocenters. The Morgan fingerprint density at radius 1 is 0.617 bits per heavy atom. The van der Waals surface area contributed by atoms with Crippen molar-refractivity contribution in [3.05, 3.63) is 146 Å². The van der Waals surface area contributed by atoms with Crippen LogP contribution in [0.15, 0.2) is 113 Å². The van der Waals surface area contributed by atoms with E-state index in [0.29, 0.717) is 5.92 Å². The van der Waals surface area contributed by atoms with Gasteiger partial charge in [-0.25, -0.2) is 0 Å². The molecule has 0 saturated heterocycles. The van der Waals surface area contributed by atoms with Crippen molar-refractivity contribution in [1.82, 2.24) is 0 Å². The van der Waals surface area contributed by atoms with E-state index < -0.39 is 17.4 Å². The van der Waals surface area contributed by atoms with E-state index in [9.17, 15) is 0 Å². The molecule has 3 heteroatoms. The van der Waals surface area contributed by atoms with Gasteiger partial charge in [0.2, 0.25) is 0 Å². The summed E-state index contributed by atoms with van der Waals surface area (Å²) in [4.78, 5) is 0. The molecule has 0 amide bonds. The summed E-state index contributed by atoms with van der Waals surface area (Å²) in [7, 11) is 0. The molecule has 0 nitrogen and oxygen atoms in total. The fraction of sp³-hybridized carbons (Fsp3) is 0.341. The summed E-state index contributed by atoms with van der Waals surface area (Å²) in [6.45, 7) is 23.7. The van der Waals surface area contributed by atoms with Gasteiger partial charge in [0.25, 0.3) is 0 Å². The second-order valence-electron chi connectivity index (χ2n) is 16.3. The largest absolute Gasteiger partial charge is 1.00 e. The van der Waals surface area contributed by atoms with Crippen LogP contribution in [0.4, 0.5) is 0 Å². The molecule has 1 atom stereocenters. The van der Waals surface area contributed by atoms with E-state index in [1.54, 1.807) is 17.1 Å². The first-order valence-corrected chi connectivity index (χ1v) is 19.1. The average molecular weight is 698 g/mol. The number of allylic oxidation sites excluding steroid dienone is 4. The van der Waals surface area contributed by atoms with Gasteiger partial charge < -0.3 is 24.8 Å². The quantitative estimate of drug-likeness (QED) is 0.235. The standard InChI is InChI=1S/C21H25.C13H10.C10H15.2ClH.Ti/c1-20(2,3)16-9-7-14-11-15-8-10-17(21(4,5)6)13-19(15)18(14)12-16;1-3-7-12(8-4-1)11-13-9-5-2-6-10-13;1-8-5-6-9(7-8)10(2,3)4;;;/h7,9-10,12-13H,11H2,1-6H3;1-10H;6-8H,1-4H3;2*1H;/q;;;;;+2/p-2. The zero-order chi connectivity index (χ0) is 32.3. The molecule has 2 aliphatic rings. The maximum absolute atomic E-state index is 2.65. The number of halogens is 2. The topological polar surface area (TPSA) is 0 Å². The van der Waals surface area contributed by atoms with Gasteiger partial charge >= 0.3 is 280 Å². The van der Waals surface area contributed by atoms with Crippen LogP contribution in [0.25, 0.3) is 11.1 Å².